The Bertz CT molecular complexity index is 510. The SMILES string of the molecule is Cc1ccc(F)c(C=O)c1B1OC(C)(C)C(C)(C)O1. The van der Waals surface area contributed by atoms with Crippen LogP contribution in [0.15, 0.2) is 12.1 Å². The van der Waals surface area contributed by atoms with Crippen molar-refractivity contribution < 1.29 is 18.5 Å². The van der Waals surface area contributed by atoms with Gasteiger partial charge in [-0.3, -0.25) is 4.79 Å². The van der Waals surface area contributed by atoms with Gasteiger partial charge in [0.05, 0.1) is 16.8 Å². The highest BCUT2D eigenvalue weighted by molar-refractivity contribution is 6.64. The summed E-state index contributed by atoms with van der Waals surface area (Å²) in [5.41, 5.74) is 0.238. The van der Waals surface area contributed by atoms with Crippen LogP contribution in [0, 0.1) is 12.7 Å². The maximum Gasteiger partial charge on any atom is 0.495 e. The van der Waals surface area contributed by atoms with Gasteiger partial charge in [0.2, 0.25) is 0 Å². The van der Waals surface area contributed by atoms with E-state index in [0.717, 1.165) is 5.56 Å². The van der Waals surface area contributed by atoms with Crippen molar-refractivity contribution in [1.29, 1.82) is 0 Å². The molecule has 0 aromatic heterocycles. The number of aldehydes is 1. The van der Waals surface area contributed by atoms with Gasteiger partial charge in [0.1, 0.15) is 5.82 Å². The van der Waals surface area contributed by atoms with Crippen LogP contribution < -0.4 is 5.46 Å². The minimum Gasteiger partial charge on any atom is -0.399 e. The molecule has 1 heterocycles. The molecular formula is C14H18BFO3. The standard InChI is InChI=1S/C14H18BFO3/c1-9-6-7-11(16)10(8-17)12(9)15-18-13(2,3)14(4,5)19-15/h6-8H,1-5H3. The minimum absolute atomic E-state index is 0.0125. The summed E-state index contributed by atoms with van der Waals surface area (Å²) in [7, 11) is -0.721. The molecule has 0 spiro atoms. The summed E-state index contributed by atoms with van der Waals surface area (Å²) < 4.78 is 25.5. The zero-order valence-corrected chi connectivity index (χ0v) is 11.9. The largest absolute Gasteiger partial charge is 0.495 e. The maximum absolute atomic E-state index is 13.7. The van der Waals surface area contributed by atoms with Gasteiger partial charge >= 0.3 is 7.12 Å². The van der Waals surface area contributed by atoms with Gasteiger partial charge in [-0.15, -0.1) is 0 Å². The topological polar surface area (TPSA) is 35.5 Å². The summed E-state index contributed by atoms with van der Waals surface area (Å²) in [5.74, 6) is -0.551. The van der Waals surface area contributed by atoms with E-state index in [1.807, 2.05) is 34.6 Å². The second kappa shape index (κ2) is 4.42. The van der Waals surface area contributed by atoms with Crippen molar-refractivity contribution in [2.45, 2.75) is 45.8 Å². The highest BCUT2D eigenvalue weighted by Gasteiger charge is 2.52. The maximum atomic E-state index is 13.7. The molecule has 1 aliphatic rings. The highest BCUT2D eigenvalue weighted by Crippen LogP contribution is 2.37. The summed E-state index contributed by atoms with van der Waals surface area (Å²) in [5, 5.41) is 0. The summed E-state index contributed by atoms with van der Waals surface area (Å²) in [6.45, 7) is 9.49. The number of aryl methyl sites for hydroxylation is 1. The van der Waals surface area contributed by atoms with Crippen molar-refractivity contribution >= 4 is 18.9 Å². The molecule has 3 nitrogen and oxygen atoms in total. The summed E-state index contributed by atoms with van der Waals surface area (Å²) in [6.07, 6.45) is 0.517. The third kappa shape index (κ3) is 2.21. The van der Waals surface area contributed by atoms with E-state index in [4.69, 9.17) is 9.31 Å². The molecule has 0 N–H and O–H groups in total. The lowest BCUT2D eigenvalue weighted by molar-refractivity contribution is 0.00578. The van der Waals surface area contributed by atoms with Gasteiger partial charge in [0, 0.05) is 0 Å². The van der Waals surface area contributed by atoms with Crippen LogP contribution in [0.4, 0.5) is 4.39 Å². The molecule has 5 heteroatoms. The summed E-state index contributed by atoms with van der Waals surface area (Å²) in [4.78, 5) is 11.1. The fourth-order valence-corrected chi connectivity index (χ4v) is 2.11. The molecule has 1 aromatic carbocycles. The Morgan fingerprint density at radius 1 is 1.16 bits per heavy atom. The Labute approximate surface area is 113 Å². The van der Waals surface area contributed by atoms with E-state index in [-0.39, 0.29) is 5.56 Å². The first-order valence-corrected chi connectivity index (χ1v) is 6.29. The number of halogens is 1. The van der Waals surface area contributed by atoms with Gasteiger partial charge in [-0.2, -0.15) is 0 Å². The molecular weight excluding hydrogens is 246 g/mol. The summed E-state index contributed by atoms with van der Waals surface area (Å²) in [6, 6.07) is 2.91. The van der Waals surface area contributed by atoms with Crippen LogP contribution in [0.25, 0.3) is 0 Å². The molecule has 0 aliphatic carbocycles. The van der Waals surface area contributed by atoms with Gasteiger partial charge in [-0.1, -0.05) is 11.6 Å². The van der Waals surface area contributed by atoms with Crippen LogP contribution in [-0.2, 0) is 9.31 Å². The van der Waals surface area contributed by atoms with E-state index in [2.05, 4.69) is 0 Å². The van der Waals surface area contributed by atoms with Gasteiger partial charge in [-0.25, -0.2) is 4.39 Å². The third-order valence-electron chi connectivity index (χ3n) is 4.06. The van der Waals surface area contributed by atoms with Crippen molar-refractivity contribution in [1.82, 2.24) is 0 Å². The normalized spacial score (nSPS) is 20.6. The first-order valence-electron chi connectivity index (χ1n) is 6.29. The quantitative estimate of drug-likeness (QED) is 0.607. The molecule has 102 valence electrons. The highest BCUT2D eigenvalue weighted by atomic mass is 19.1. The Balaban J connectivity index is 2.51. The van der Waals surface area contributed by atoms with Crippen LogP contribution in [0.5, 0.6) is 0 Å². The summed E-state index contributed by atoms with van der Waals surface area (Å²) >= 11 is 0. The fourth-order valence-electron chi connectivity index (χ4n) is 2.11. The van der Waals surface area contributed by atoms with E-state index in [9.17, 15) is 9.18 Å². The van der Waals surface area contributed by atoms with Gasteiger partial charge in [-0.05, 0) is 46.1 Å². The number of rotatable bonds is 2. The number of hydrogen-bond acceptors (Lipinski definition) is 3. The molecule has 0 atom stereocenters. The number of benzene rings is 1. The van der Waals surface area contributed by atoms with Crippen molar-refractivity contribution in [3.05, 3.63) is 29.1 Å². The van der Waals surface area contributed by atoms with Crippen molar-refractivity contribution in [2.75, 3.05) is 0 Å². The van der Waals surface area contributed by atoms with E-state index >= 15 is 0 Å². The van der Waals surface area contributed by atoms with Crippen LogP contribution in [0.1, 0.15) is 43.6 Å². The molecule has 0 bridgehead atoms. The van der Waals surface area contributed by atoms with Crippen molar-refractivity contribution in [3.8, 4) is 0 Å². The number of hydrogen-bond donors (Lipinski definition) is 0. The molecule has 2 rings (SSSR count). The van der Waals surface area contributed by atoms with Crippen LogP contribution in [-0.4, -0.2) is 24.6 Å². The Hall–Kier alpha value is -1.20. The van der Waals surface area contributed by atoms with Crippen molar-refractivity contribution in [2.24, 2.45) is 0 Å². The number of carbonyl (C=O) groups is 1. The molecule has 1 fully saturated rings. The lowest BCUT2D eigenvalue weighted by atomic mass is 9.73. The lowest BCUT2D eigenvalue weighted by Crippen LogP contribution is -2.41. The molecule has 0 radical (unpaired) electrons. The van der Waals surface area contributed by atoms with Crippen LogP contribution >= 0.6 is 0 Å². The number of carbonyl (C=O) groups excluding carboxylic acids is 1. The van der Waals surface area contributed by atoms with Gasteiger partial charge in [0.15, 0.2) is 6.29 Å². The third-order valence-corrected chi connectivity index (χ3v) is 4.06. The first-order chi connectivity index (χ1) is 8.69. The fraction of sp³-hybridized carbons (Fsp3) is 0.500. The first kappa shape index (κ1) is 14.2. The average molecular weight is 264 g/mol. The van der Waals surface area contributed by atoms with Gasteiger partial charge < -0.3 is 9.31 Å². The Kier molecular flexibility index (Phi) is 3.31. The second-order valence-corrected chi connectivity index (χ2v) is 5.90. The van der Waals surface area contributed by atoms with Crippen LogP contribution in [0.2, 0.25) is 0 Å². The van der Waals surface area contributed by atoms with E-state index in [0.29, 0.717) is 11.7 Å². The Morgan fingerprint density at radius 2 is 1.68 bits per heavy atom. The van der Waals surface area contributed by atoms with E-state index in [1.54, 1.807) is 6.07 Å². The molecule has 1 aliphatic heterocycles. The average Bonchev–Trinajstić information content (AvgIpc) is 2.50. The minimum atomic E-state index is -0.721. The Morgan fingerprint density at radius 3 is 2.16 bits per heavy atom. The lowest BCUT2D eigenvalue weighted by Gasteiger charge is -2.32. The molecule has 19 heavy (non-hydrogen) atoms. The molecule has 0 saturated carbocycles. The predicted molar refractivity (Wildman–Crippen MR) is 72.2 cm³/mol. The zero-order chi connectivity index (χ0) is 14.4. The molecule has 0 unspecified atom stereocenters. The van der Waals surface area contributed by atoms with E-state index < -0.39 is 24.1 Å². The smallest absolute Gasteiger partial charge is 0.399 e. The van der Waals surface area contributed by atoms with Crippen LogP contribution in [0.3, 0.4) is 0 Å². The second-order valence-electron chi connectivity index (χ2n) is 5.90. The zero-order valence-electron chi connectivity index (χ0n) is 11.9. The monoisotopic (exact) mass is 264 g/mol. The van der Waals surface area contributed by atoms with E-state index in [1.165, 1.54) is 6.07 Å². The predicted octanol–water partition coefficient (Wildman–Crippen LogP) is 2.25. The molecule has 1 aromatic rings. The molecule has 0 amide bonds. The van der Waals surface area contributed by atoms with Crippen molar-refractivity contribution in [3.63, 3.8) is 0 Å². The molecule has 1 saturated heterocycles. The van der Waals surface area contributed by atoms with Gasteiger partial charge in [0.25, 0.3) is 0 Å².